The average molecular weight is 693 g/mol. The molecule has 0 atom stereocenters. The van der Waals surface area contributed by atoms with Crippen LogP contribution in [0.5, 0.6) is 0 Å². The van der Waals surface area contributed by atoms with Gasteiger partial charge in [0.05, 0.1) is 0 Å². The zero-order chi connectivity index (χ0) is 34.4. The van der Waals surface area contributed by atoms with Gasteiger partial charge in [0, 0.05) is 37.4 Å². The molecule has 0 aliphatic rings. The number of benzene rings is 6. The molecule has 2 N–H and O–H groups in total. The normalized spacial score (nSPS) is 10.8. The first-order valence-corrected chi connectivity index (χ1v) is 19.4. The summed E-state index contributed by atoms with van der Waals surface area (Å²) >= 11 is 0. The van der Waals surface area contributed by atoms with Gasteiger partial charge in [-0.25, -0.2) is 0 Å². The van der Waals surface area contributed by atoms with Gasteiger partial charge in [-0.05, 0) is 55.6 Å². The van der Waals surface area contributed by atoms with Crippen molar-refractivity contribution in [2.75, 3.05) is 11.5 Å². The van der Waals surface area contributed by atoms with Crippen molar-refractivity contribution in [2.24, 2.45) is 0 Å². The summed E-state index contributed by atoms with van der Waals surface area (Å²) < 4.78 is 0. The summed E-state index contributed by atoms with van der Waals surface area (Å²) in [4.78, 5) is 24.8. The van der Waals surface area contributed by atoms with Gasteiger partial charge in [0.1, 0.15) is 0 Å². The topological polar surface area (TPSA) is 58.2 Å². The van der Waals surface area contributed by atoms with E-state index in [1.165, 1.54) is 33.4 Å². The largest absolute Gasteiger partial charge is 0.352 e. The highest BCUT2D eigenvalue weighted by Gasteiger charge is 2.07. The Morgan fingerprint density at radius 1 is 0.360 bits per heavy atom. The molecule has 4 nitrogen and oxygen atoms in total. The van der Waals surface area contributed by atoms with E-state index in [0.717, 1.165) is 22.3 Å². The molecule has 0 aromatic heterocycles. The van der Waals surface area contributed by atoms with Crippen LogP contribution < -0.4 is 10.6 Å². The summed E-state index contributed by atoms with van der Waals surface area (Å²) in [6, 6.07) is 54.6. The predicted molar refractivity (Wildman–Crippen MR) is 212 cm³/mol. The van der Waals surface area contributed by atoms with Crippen LogP contribution in [0, 0.1) is 0 Å². The number of hydrogen-bond donors (Lipinski definition) is 2. The molecule has 0 fully saturated rings. The highest BCUT2D eigenvalue weighted by Crippen LogP contribution is 2.27. The number of hydrogen-bond acceptors (Lipinski definition) is 4. The monoisotopic (exact) mass is 692 g/mol. The molecule has 0 spiro atoms. The molecule has 6 heteroatoms. The minimum atomic E-state index is 0.0339. The van der Waals surface area contributed by atoms with Crippen LogP contribution in [-0.2, 0) is 22.7 Å². The Bertz CT molecular complexity index is 1800. The maximum absolute atomic E-state index is 12.4. The van der Waals surface area contributed by atoms with E-state index in [1.54, 1.807) is 21.6 Å². The van der Waals surface area contributed by atoms with Crippen molar-refractivity contribution < 1.29 is 9.59 Å². The smallest absolute Gasteiger partial charge is 0.221 e. The van der Waals surface area contributed by atoms with E-state index in [2.05, 4.69) is 156 Å². The van der Waals surface area contributed by atoms with Crippen molar-refractivity contribution in [1.82, 2.24) is 10.6 Å². The van der Waals surface area contributed by atoms with Gasteiger partial charge in [0.25, 0.3) is 0 Å². The first-order valence-electron chi connectivity index (χ1n) is 16.9. The van der Waals surface area contributed by atoms with Crippen molar-refractivity contribution in [3.63, 3.8) is 0 Å². The van der Waals surface area contributed by atoms with Crippen LogP contribution in [0.2, 0.25) is 0 Å². The lowest BCUT2D eigenvalue weighted by molar-refractivity contribution is -0.121. The molecule has 0 aliphatic heterocycles. The lowest BCUT2D eigenvalue weighted by Gasteiger charge is -2.08. The first-order chi connectivity index (χ1) is 24.6. The third kappa shape index (κ3) is 10.2. The zero-order valence-corrected chi connectivity index (χ0v) is 29.5. The number of amides is 2. The molecule has 0 aliphatic carbocycles. The molecule has 250 valence electrons. The van der Waals surface area contributed by atoms with Gasteiger partial charge in [-0.2, -0.15) is 0 Å². The Labute approximate surface area is 303 Å². The van der Waals surface area contributed by atoms with Crippen LogP contribution in [0.15, 0.2) is 158 Å². The molecule has 0 unspecified atom stereocenters. The molecular formula is C44H40N2O2S2. The highest BCUT2D eigenvalue weighted by molar-refractivity contribution is 8.76. The Morgan fingerprint density at radius 2 is 0.620 bits per heavy atom. The van der Waals surface area contributed by atoms with E-state index in [4.69, 9.17) is 0 Å². The van der Waals surface area contributed by atoms with Crippen LogP contribution in [0.4, 0.5) is 0 Å². The second-order valence-corrected chi connectivity index (χ2v) is 14.7. The minimum absolute atomic E-state index is 0.0339. The third-order valence-corrected chi connectivity index (χ3v) is 10.9. The quantitative estimate of drug-likeness (QED) is 0.0831. The molecule has 0 saturated heterocycles. The fraction of sp³-hybridized carbons (Fsp3) is 0.136. The van der Waals surface area contributed by atoms with Crippen molar-refractivity contribution >= 4 is 33.4 Å². The third-order valence-electron chi connectivity index (χ3n) is 8.45. The lowest BCUT2D eigenvalue weighted by Crippen LogP contribution is -2.23. The highest BCUT2D eigenvalue weighted by atomic mass is 33.1. The lowest BCUT2D eigenvalue weighted by atomic mass is 9.99. The molecule has 0 heterocycles. The van der Waals surface area contributed by atoms with Crippen molar-refractivity contribution in [3.8, 4) is 44.5 Å². The maximum Gasteiger partial charge on any atom is 0.221 e. The van der Waals surface area contributed by atoms with Gasteiger partial charge in [-0.1, -0.05) is 179 Å². The molecule has 50 heavy (non-hydrogen) atoms. The van der Waals surface area contributed by atoms with E-state index < -0.39 is 0 Å². The average Bonchev–Trinajstić information content (AvgIpc) is 3.19. The van der Waals surface area contributed by atoms with Crippen molar-refractivity contribution in [3.05, 3.63) is 169 Å². The molecule has 6 aromatic carbocycles. The van der Waals surface area contributed by atoms with E-state index in [-0.39, 0.29) is 11.8 Å². The number of carbonyl (C=O) groups excluding carboxylic acids is 2. The van der Waals surface area contributed by atoms with E-state index in [1.807, 2.05) is 12.1 Å². The molecule has 6 rings (SSSR count). The predicted octanol–water partition coefficient (Wildman–Crippen LogP) is 10.4. The van der Waals surface area contributed by atoms with Gasteiger partial charge in [-0.3, -0.25) is 9.59 Å². The molecule has 0 radical (unpaired) electrons. The Morgan fingerprint density at radius 3 is 0.920 bits per heavy atom. The standard InChI is InChI=1S/C44H40N2O2S2/c47-43(45-31-33-11-15-37(16-12-33)41-23-19-39(20-24-41)35-7-3-1-4-8-35)27-29-49-50-30-28-44(48)46-32-34-13-17-38(18-14-34)42-25-21-40(22-26-42)36-9-5-2-6-10-36/h1-26H,27-32H2,(H,45,47)(H,46,48). The van der Waals surface area contributed by atoms with Crippen LogP contribution in [-0.4, -0.2) is 23.3 Å². The summed E-state index contributed by atoms with van der Waals surface area (Å²) in [5, 5.41) is 6.04. The Hall–Kier alpha value is -5.04. The molecule has 2 amide bonds. The Kier molecular flexibility index (Phi) is 12.6. The minimum Gasteiger partial charge on any atom is -0.352 e. The second kappa shape index (κ2) is 18.1. The van der Waals surface area contributed by atoms with Gasteiger partial charge >= 0.3 is 0 Å². The number of rotatable bonds is 15. The van der Waals surface area contributed by atoms with Crippen LogP contribution in [0.1, 0.15) is 24.0 Å². The van der Waals surface area contributed by atoms with Crippen LogP contribution in [0.3, 0.4) is 0 Å². The summed E-state index contributed by atoms with van der Waals surface area (Å²) in [5.41, 5.74) is 11.6. The van der Waals surface area contributed by atoms with E-state index in [9.17, 15) is 9.59 Å². The summed E-state index contributed by atoms with van der Waals surface area (Å²) in [5.74, 6) is 1.48. The maximum atomic E-state index is 12.4. The first kappa shape index (κ1) is 34.8. The van der Waals surface area contributed by atoms with Crippen LogP contribution >= 0.6 is 21.6 Å². The molecule has 6 aromatic rings. The summed E-state index contributed by atoms with van der Waals surface area (Å²) in [6.07, 6.45) is 0.895. The summed E-state index contributed by atoms with van der Waals surface area (Å²) in [7, 11) is 3.27. The SMILES string of the molecule is O=C(CCSSCCC(=O)NCc1ccc(-c2ccc(-c3ccccc3)cc2)cc1)NCc1ccc(-c2ccc(-c3ccccc3)cc2)cc1. The van der Waals surface area contributed by atoms with E-state index in [0.29, 0.717) is 37.4 Å². The molecular weight excluding hydrogens is 653 g/mol. The molecule has 0 bridgehead atoms. The van der Waals surface area contributed by atoms with Gasteiger partial charge < -0.3 is 10.6 Å². The van der Waals surface area contributed by atoms with Crippen molar-refractivity contribution in [1.29, 1.82) is 0 Å². The summed E-state index contributed by atoms with van der Waals surface area (Å²) in [6.45, 7) is 1.02. The molecule has 0 saturated carbocycles. The number of carbonyl (C=O) groups is 2. The fourth-order valence-electron chi connectivity index (χ4n) is 5.57. The fourth-order valence-corrected chi connectivity index (χ4v) is 7.55. The zero-order valence-electron chi connectivity index (χ0n) is 27.9. The number of nitrogens with one attached hydrogen (secondary N) is 2. The Balaban J connectivity index is 0.822. The van der Waals surface area contributed by atoms with Gasteiger partial charge in [0.15, 0.2) is 0 Å². The van der Waals surface area contributed by atoms with Gasteiger partial charge in [-0.15, -0.1) is 0 Å². The van der Waals surface area contributed by atoms with Gasteiger partial charge in [0.2, 0.25) is 11.8 Å². The second-order valence-electron chi connectivity index (χ2n) is 12.0. The van der Waals surface area contributed by atoms with Crippen LogP contribution in [0.25, 0.3) is 44.5 Å². The van der Waals surface area contributed by atoms with E-state index >= 15 is 0 Å². The van der Waals surface area contributed by atoms with Crippen molar-refractivity contribution in [2.45, 2.75) is 25.9 Å².